The van der Waals surface area contributed by atoms with Crippen LogP contribution in [0.1, 0.15) is 140 Å². The van der Waals surface area contributed by atoms with Gasteiger partial charge in [0.25, 0.3) is 5.91 Å². The Morgan fingerprint density at radius 2 is 1.76 bits per heavy atom. The molecule has 3 heterocycles. The van der Waals surface area contributed by atoms with Crippen LogP contribution < -0.4 is 5.32 Å². The number of nitrogens with zero attached hydrogens (tertiary/aromatic N) is 7. The molecule has 2 aromatic rings. The minimum absolute atomic E-state index is 0.0411. The van der Waals surface area contributed by atoms with Crippen LogP contribution in [-0.4, -0.2) is 105 Å². The highest BCUT2D eigenvalue weighted by Crippen LogP contribution is 2.46. The fourth-order valence-electron chi connectivity index (χ4n) is 7.39. The number of carbonyl (C=O) groups is 3. The number of rotatable bonds is 16. The molecule has 1 aromatic carbocycles. The van der Waals surface area contributed by atoms with Crippen molar-refractivity contribution < 1.29 is 14.4 Å². The van der Waals surface area contributed by atoms with Crippen molar-refractivity contribution in [3.63, 3.8) is 0 Å². The van der Waals surface area contributed by atoms with E-state index in [2.05, 4.69) is 92.3 Å². The number of tetrazole rings is 1. The van der Waals surface area contributed by atoms with Crippen molar-refractivity contribution in [2.75, 3.05) is 39.3 Å². The fourth-order valence-corrected chi connectivity index (χ4v) is 7.39. The SMILES string of the molecule is C=C(C)CC.CCC1C(N(C(=O)CNCCC(c2nn[nH]n2)c2ccc(C(=O)N3CCCC3)cc2CCC(C)=C(C)C)C(C)C#N)[C@H]1C.O=CN1CCCC1. The number of H-pyrrole nitrogens is 1. The largest absolute Gasteiger partial charge is 0.345 e. The summed E-state index contributed by atoms with van der Waals surface area (Å²) >= 11 is 0. The van der Waals surface area contributed by atoms with Gasteiger partial charge in [0.05, 0.1) is 12.6 Å². The molecule has 55 heavy (non-hydrogen) atoms. The predicted octanol–water partition coefficient (Wildman–Crippen LogP) is 6.83. The standard InChI is InChI=1S/C33H48N8O2.C5H9NO.C5H10/c1-7-27-24(6)31(27)41(23(5)19-34)30(42)20-35-15-14-29(32-36-38-39-37-32)28-13-12-26(33(43)40-16-8-9-17-40)18-25(28)11-10-22(4)21(2)3;7-5-6-3-1-2-4-6;1-4-5(2)3/h12-13,18,23-24,27,29,31,35H,7-11,14-17,20H2,1-6H3,(H,36,37,38,39);5H,1-4H2;2,4H2,1,3H3/t23?,24-,27?,29?,31?;;/m0../s1. The number of aryl methyl sites for hydroxylation is 1. The first kappa shape index (κ1) is 45.0. The third-order valence-electron chi connectivity index (χ3n) is 11.4. The number of amides is 3. The highest BCUT2D eigenvalue weighted by molar-refractivity contribution is 5.94. The van der Waals surface area contributed by atoms with E-state index in [4.69, 9.17) is 0 Å². The molecule has 12 heteroatoms. The van der Waals surface area contributed by atoms with Crippen LogP contribution in [0.25, 0.3) is 0 Å². The average Bonchev–Trinajstić information content (AvgIpc) is 3.83. The summed E-state index contributed by atoms with van der Waals surface area (Å²) in [5.74, 6) is 1.34. The first-order valence-electron chi connectivity index (χ1n) is 20.4. The van der Waals surface area contributed by atoms with Crippen molar-refractivity contribution in [1.82, 2.24) is 40.6 Å². The van der Waals surface area contributed by atoms with Gasteiger partial charge in [-0.05, 0) is 128 Å². The van der Waals surface area contributed by atoms with Gasteiger partial charge < -0.3 is 20.0 Å². The minimum atomic E-state index is -0.459. The van der Waals surface area contributed by atoms with Gasteiger partial charge in [-0.1, -0.05) is 55.2 Å². The Morgan fingerprint density at radius 1 is 1.11 bits per heavy atom. The summed E-state index contributed by atoms with van der Waals surface area (Å²) in [5.41, 5.74) is 6.80. The molecule has 4 unspecified atom stereocenters. The Balaban J connectivity index is 0.000000578. The average molecular weight is 758 g/mol. The van der Waals surface area contributed by atoms with E-state index in [1.54, 1.807) is 16.7 Å². The van der Waals surface area contributed by atoms with Crippen molar-refractivity contribution >= 4 is 18.2 Å². The minimum Gasteiger partial charge on any atom is -0.345 e. The Morgan fingerprint density at radius 3 is 2.27 bits per heavy atom. The van der Waals surface area contributed by atoms with Crippen molar-refractivity contribution in [3.05, 3.63) is 64.0 Å². The van der Waals surface area contributed by atoms with Gasteiger partial charge >= 0.3 is 0 Å². The number of likely N-dealkylation sites (tertiary alicyclic amines) is 2. The van der Waals surface area contributed by atoms with E-state index in [-0.39, 0.29) is 30.3 Å². The number of hydrogen-bond donors (Lipinski definition) is 2. The molecule has 0 radical (unpaired) electrons. The second-order valence-corrected chi connectivity index (χ2v) is 15.7. The van der Waals surface area contributed by atoms with Gasteiger partial charge in [0.2, 0.25) is 12.3 Å². The predicted molar refractivity (Wildman–Crippen MR) is 218 cm³/mol. The Hall–Kier alpha value is -4.37. The summed E-state index contributed by atoms with van der Waals surface area (Å²) in [5, 5.41) is 28.0. The lowest BCUT2D eigenvalue weighted by atomic mass is 9.87. The van der Waals surface area contributed by atoms with E-state index < -0.39 is 6.04 Å². The lowest BCUT2D eigenvalue weighted by molar-refractivity contribution is -0.132. The van der Waals surface area contributed by atoms with Gasteiger partial charge in [0, 0.05) is 43.7 Å². The zero-order valence-corrected chi connectivity index (χ0v) is 34.9. The zero-order valence-electron chi connectivity index (χ0n) is 34.9. The third kappa shape index (κ3) is 13.4. The van der Waals surface area contributed by atoms with Crippen LogP contribution >= 0.6 is 0 Å². The number of aromatic amines is 1. The van der Waals surface area contributed by atoms with E-state index in [0.717, 1.165) is 87.8 Å². The first-order chi connectivity index (χ1) is 26.4. The Bertz CT molecular complexity index is 1600. The van der Waals surface area contributed by atoms with E-state index in [0.29, 0.717) is 30.6 Å². The van der Waals surface area contributed by atoms with Crippen molar-refractivity contribution in [2.45, 2.75) is 131 Å². The smallest absolute Gasteiger partial charge is 0.253 e. The first-order valence-corrected chi connectivity index (χ1v) is 20.4. The van der Waals surface area contributed by atoms with E-state index in [1.165, 1.54) is 29.6 Å². The molecular weight excluding hydrogens is 691 g/mol. The highest BCUT2D eigenvalue weighted by Gasteiger charge is 2.51. The van der Waals surface area contributed by atoms with Crippen LogP contribution in [-0.2, 0) is 16.0 Å². The molecule has 3 aliphatic rings. The van der Waals surface area contributed by atoms with Crippen molar-refractivity contribution in [1.29, 1.82) is 5.26 Å². The lowest BCUT2D eigenvalue weighted by Crippen LogP contribution is -2.45. The summed E-state index contributed by atoms with van der Waals surface area (Å²) in [7, 11) is 0. The quantitative estimate of drug-likeness (QED) is 0.107. The maximum atomic E-state index is 13.3. The van der Waals surface area contributed by atoms with Crippen LogP contribution in [0.4, 0.5) is 0 Å². The van der Waals surface area contributed by atoms with Crippen molar-refractivity contribution in [2.24, 2.45) is 11.8 Å². The van der Waals surface area contributed by atoms with E-state index in [9.17, 15) is 19.6 Å². The van der Waals surface area contributed by atoms with Gasteiger partial charge in [-0.15, -0.1) is 16.8 Å². The maximum absolute atomic E-state index is 13.3. The molecule has 2 aliphatic heterocycles. The molecule has 12 nitrogen and oxygen atoms in total. The molecule has 5 atom stereocenters. The summed E-state index contributed by atoms with van der Waals surface area (Å²) in [6, 6.07) is 7.98. The monoisotopic (exact) mass is 758 g/mol. The van der Waals surface area contributed by atoms with Gasteiger partial charge in [0.1, 0.15) is 6.04 Å². The summed E-state index contributed by atoms with van der Waals surface area (Å²) in [4.78, 5) is 42.0. The number of carbonyl (C=O) groups excluding carboxylic acids is 3. The molecule has 1 aromatic heterocycles. The van der Waals surface area contributed by atoms with Crippen LogP contribution in [0.5, 0.6) is 0 Å². The second-order valence-electron chi connectivity index (χ2n) is 15.7. The summed E-state index contributed by atoms with van der Waals surface area (Å²) in [6.45, 7) is 24.6. The topological polar surface area (TPSA) is 151 Å². The zero-order chi connectivity index (χ0) is 40.5. The molecule has 302 valence electrons. The number of aromatic nitrogens is 4. The van der Waals surface area contributed by atoms with Crippen LogP contribution in [0.15, 0.2) is 41.5 Å². The lowest BCUT2D eigenvalue weighted by Gasteiger charge is -2.26. The van der Waals surface area contributed by atoms with Gasteiger partial charge in [0.15, 0.2) is 5.82 Å². The van der Waals surface area contributed by atoms with E-state index in [1.807, 2.05) is 17.9 Å². The molecule has 5 rings (SSSR count). The van der Waals surface area contributed by atoms with Gasteiger partial charge in [-0.2, -0.15) is 10.5 Å². The normalized spacial score (nSPS) is 19.5. The maximum Gasteiger partial charge on any atom is 0.253 e. The van der Waals surface area contributed by atoms with Gasteiger partial charge in [-0.3, -0.25) is 14.4 Å². The van der Waals surface area contributed by atoms with Crippen LogP contribution in [0.2, 0.25) is 0 Å². The second kappa shape index (κ2) is 22.9. The Labute approximate surface area is 330 Å². The summed E-state index contributed by atoms with van der Waals surface area (Å²) in [6.07, 6.45) is 9.87. The van der Waals surface area contributed by atoms with Crippen molar-refractivity contribution in [3.8, 4) is 6.07 Å². The fraction of sp³-hybridized carbons (Fsp3) is 0.651. The number of benzene rings is 1. The molecule has 0 bridgehead atoms. The molecule has 3 amide bonds. The molecule has 3 fully saturated rings. The summed E-state index contributed by atoms with van der Waals surface area (Å²) < 4.78 is 0. The molecule has 2 N–H and O–H groups in total. The van der Waals surface area contributed by atoms with Gasteiger partial charge in [-0.25, -0.2) is 0 Å². The van der Waals surface area contributed by atoms with E-state index >= 15 is 0 Å². The van der Waals surface area contributed by atoms with Crippen LogP contribution in [0.3, 0.4) is 0 Å². The third-order valence-corrected chi connectivity index (χ3v) is 11.4. The molecule has 1 saturated carbocycles. The highest BCUT2D eigenvalue weighted by atomic mass is 16.2. The number of allylic oxidation sites excluding steroid dienone is 3. The number of nitrogens with one attached hydrogen (secondary N) is 2. The molecule has 0 spiro atoms. The number of hydrogen-bond acceptors (Lipinski definition) is 8. The van der Waals surface area contributed by atoms with Crippen LogP contribution in [0, 0.1) is 23.2 Å². The molecule has 1 aliphatic carbocycles. The molecular formula is C43H67N9O3. The number of nitriles is 1. The Kier molecular flexibility index (Phi) is 18.7. The molecule has 2 saturated heterocycles.